The highest BCUT2D eigenvalue weighted by Crippen LogP contribution is 2.59. The van der Waals surface area contributed by atoms with Crippen molar-refractivity contribution in [1.29, 1.82) is 0 Å². The van der Waals surface area contributed by atoms with Gasteiger partial charge in [-0.05, 0) is 40.8 Å². The summed E-state index contributed by atoms with van der Waals surface area (Å²) in [5.41, 5.74) is 1.09. The number of aromatic nitrogens is 2. The largest absolute Gasteiger partial charge is 0.469 e. The molecule has 0 saturated heterocycles. The van der Waals surface area contributed by atoms with Gasteiger partial charge in [-0.15, -0.1) is 0 Å². The van der Waals surface area contributed by atoms with Gasteiger partial charge in [0, 0.05) is 23.2 Å². The van der Waals surface area contributed by atoms with Crippen molar-refractivity contribution in [1.82, 2.24) is 20.6 Å². The van der Waals surface area contributed by atoms with Crippen molar-refractivity contribution in [3.8, 4) is 17.3 Å². The van der Waals surface area contributed by atoms with Gasteiger partial charge >= 0.3 is 12.1 Å². The minimum absolute atomic E-state index is 0.00899. The number of carbonyl (C=O) groups is 3. The third kappa shape index (κ3) is 5.41. The smallest absolute Gasteiger partial charge is 0.408 e. The Balaban J connectivity index is 1.31. The lowest BCUT2D eigenvalue weighted by Gasteiger charge is -2.32. The summed E-state index contributed by atoms with van der Waals surface area (Å²) >= 11 is 0. The van der Waals surface area contributed by atoms with E-state index in [1.165, 1.54) is 19.2 Å². The second kappa shape index (κ2) is 12.2. The van der Waals surface area contributed by atoms with Gasteiger partial charge in [-0.2, -0.15) is 0 Å². The van der Waals surface area contributed by atoms with Crippen molar-refractivity contribution in [2.45, 2.75) is 57.5 Å². The molecular formula is C38H34FN5O8. The molecule has 0 unspecified atom stereocenters. The summed E-state index contributed by atoms with van der Waals surface area (Å²) < 4.78 is 44.7. The van der Waals surface area contributed by atoms with Crippen LogP contribution in [0.5, 0.6) is 5.75 Å². The van der Waals surface area contributed by atoms with Gasteiger partial charge in [0.1, 0.15) is 41.9 Å². The Hall–Kier alpha value is -6.18. The molecule has 0 saturated carbocycles. The van der Waals surface area contributed by atoms with E-state index in [9.17, 15) is 14.4 Å². The Morgan fingerprint density at radius 2 is 1.85 bits per heavy atom. The molecule has 2 amide bonds. The molecule has 5 heterocycles. The van der Waals surface area contributed by atoms with Crippen LogP contribution in [0.2, 0.25) is 0 Å². The fraction of sp³-hybridized carbons (Fsp3) is 0.289. The van der Waals surface area contributed by atoms with Gasteiger partial charge in [-0.3, -0.25) is 4.79 Å². The normalized spacial score (nSPS) is 21.3. The van der Waals surface area contributed by atoms with Gasteiger partial charge in [-0.25, -0.2) is 23.9 Å². The van der Waals surface area contributed by atoms with E-state index >= 15 is 4.39 Å². The van der Waals surface area contributed by atoms with Gasteiger partial charge in [0.05, 0.1) is 7.11 Å². The molecule has 266 valence electrons. The maximum atomic E-state index is 15.2. The van der Waals surface area contributed by atoms with Crippen LogP contribution >= 0.6 is 0 Å². The summed E-state index contributed by atoms with van der Waals surface area (Å²) in [7, 11) is 1.23. The predicted octanol–water partition coefficient (Wildman–Crippen LogP) is 5.79. The average molecular weight is 708 g/mol. The highest BCUT2D eigenvalue weighted by atomic mass is 19.1. The number of methoxy groups -OCH3 is 1. The number of esters is 1. The van der Waals surface area contributed by atoms with Gasteiger partial charge in [0.2, 0.25) is 17.7 Å². The van der Waals surface area contributed by atoms with Crippen molar-refractivity contribution in [2.75, 3.05) is 12.4 Å². The molecule has 5 aromatic rings. The average Bonchev–Trinajstić information content (AvgIpc) is 3.90. The minimum atomic E-state index is -1.35. The molecule has 1 spiro atoms. The van der Waals surface area contributed by atoms with Crippen LogP contribution in [0.3, 0.4) is 0 Å². The maximum absolute atomic E-state index is 15.2. The van der Waals surface area contributed by atoms with Crippen molar-refractivity contribution in [2.24, 2.45) is 5.41 Å². The highest BCUT2D eigenvalue weighted by molar-refractivity contribution is 5.88. The number of benzene rings is 3. The predicted molar refractivity (Wildman–Crippen MR) is 182 cm³/mol. The number of ether oxygens (including phenoxy) is 3. The molecule has 4 atom stereocenters. The highest BCUT2D eigenvalue weighted by Gasteiger charge is 2.61. The molecule has 0 fully saturated rings. The lowest BCUT2D eigenvalue weighted by Crippen LogP contribution is -2.50. The number of nitrogens with one attached hydrogen (secondary N) is 3. The molecule has 3 aromatic carbocycles. The van der Waals surface area contributed by atoms with Crippen LogP contribution < -0.4 is 20.7 Å². The molecule has 8 rings (SSSR count). The second-order valence-electron chi connectivity index (χ2n) is 14.0. The van der Waals surface area contributed by atoms with Crippen LogP contribution in [0.1, 0.15) is 71.2 Å². The van der Waals surface area contributed by atoms with E-state index < -0.39 is 52.9 Å². The van der Waals surface area contributed by atoms with E-state index in [2.05, 4.69) is 20.9 Å². The number of nitrogens with zero attached hydrogens (tertiary/aromatic N) is 2. The van der Waals surface area contributed by atoms with E-state index in [0.717, 1.165) is 11.8 Å². The Kier molecular flexibility index (Phi) is 7.77. The molecule has 0 radical (unpaired) electrons. The number of oxazole rings is 2. The number of carbonyl (C=O) groups excluding carboxylic acids is 3. The van der Waals surface area contributed by atoms with Crippen LogP contribution in [0, 0.1) is 11.2 Å². The van der Waals surface area contributed by atoms with Crippen LogP contribution in [-0.2, 0) is 32.7 Å². The summed E-state index contributed by atoms with van der Waals surface area (Å²) in [4.78, 5) is 49.1. The van der Waals surface area contributed by atoms with E-state index in [1.807, 2.05) is 57.2 Å². The second-order valence-corrected chi connectivity index (χ2v) is 14.0. The summed E-state index contributed by atoms with van der Waals surface area (Å²) in [6, 6.07) is 17.0. The first-order valence-electron chi connectivity index (χ1n) is 16.7. The Morgan fingerprint density at radius 1 is 1.04 bits per heavy atom. The van der Waals surface area contributed by atoms with Gasteiger partial charge in [0.25, 0.3) is 0 Å². The number of hydrogen-bond acceptors (Lipinski definition) is 11. The van der Waals surface area contributed by atoms with Crippen LogP contribution in [-0.4, -0.2) is 47.3 Å². The summed E-state index contributed by atoms with van der Waals surface area (Å²) in [5.74, 6) is -1.04. The van der Waals surface area contributed by atoms with E-state index in [-0.39, 0.29) is 42.0 Å². The number of alkyl carbamates (subject to hydrolysis) is 1. The summed E-state index contributed by atoms with van der Waals surface area (Å²) in [6.45, 7) is 5.70. The molecule has 3 N–H and O–H groups in total. The molecular weight excluding hydrogens is 673 g/mol. The SMILES string of the molecule is COC(=O)c1coc(-c2nc3oc2[C@@]24c5cc(F)ccc5N[C@@H]2Oc2ccc(cc24)C[C@H](NC(=O)OCc2ccccc2)C(=O)N[C@H]3C(C)(C)C)n1. The molecule has 3 aliphatic rings. The Morgan fingerprint density at radius 3 is 2.62 bits per heavy atom. The first-order chi connectivity index (χ1) is 24.9. The standard InChI is InChI=1S/C38H34FN5O8/c1-37(2,3)29-33-43-28(32-40-26(18-49-32)34(46)48-4)30(52-33)38-22-16-21(39)11-12-24(22)41-35(38)51-27-13-10-20(14-23(27)38)15-25(31(45)44-29)42-36(47)50-17-19-8-6-5-7-9-19/h5-14,16,18,25,29,35,41H,15,17H2,1-4H3,(H,42,47)(H,44,45)/t25-,29+,35+,38-/m0/s1. The number of rotatable bonds is 5. The summed E-state index contributed by atoms with van der Waals surface area (Å²) in [6.07, 6.45) is -0.394. The number of anilines is 1. The van der Waals surface area contributed by atoms with Crippen LogP contribution in [0.25, 0.3) is 11.6 Å². The lowest BCUT2D eigenvalue weighted by atomic mass is 9.72. The summed E-state index contributed by atoms with van der Waals surface area (Å²) in [5, 5.41) is 9.18. The first kappa shape index (κ1) is 33.0. The molecule has 4 bridgehead atoms. The van der Waals surface area contributed by atoms with Crippen LogP contribution in [0.15, 0.2) is 81.8 Å². The first-order valence-corrected chi connectivity index (χ1v) is 16.7. The minimum Gasteiger partial charge on any atom is -0.469 e. The molecule has 2 aromatic heterocycles. The monoisotopic (exact) mass is 707 g/mol. The fourth-order valence-corrected chi connectivity index (χ4v) is 7.07. The molecule has 52 heavy (non-hydrogen) atoms. The van der Waals surface area contributed by atoms with Crippen LogP contribution in [0.4, 0.5) is 14.9 Å². The zero-order valence-corrected chi connectivity index (χ0v) is 28.6. The zero-order chi connectivity index (χ0) is 36.4. The lowest BCUT2D eigenvalue weighted by molar-refractivity contribution is -0.124. The topological polar surface area (TPSA) is 167 Å². The van der Waals surface area contributed by atoms with E-state index in [0.29, 0.717) is 28.1 Å². The van der Waals surface area contributed by atoms with Crippen molar-refractivity contribution in [3.63, 3.8) is 0 Å². The number of halogens is 1. The van der Waals surface area contributed by atoms with Gasteiger partial charge in [-0.1, -0.05) is 63.2 Å². The quantitative estimate of drug-likeness (QED) is 0.189. The van der Waals surface area contributed by atoms with Crippen molar-refractivity contribution < 1.29 is 41.8 Å². The third-order valence-electron chi connectivity index (χ3n) is 9.56. The number of amides is 2. The molecule has 13 nitrogen and oxygen atoms in total. The Labute approximate surface area is 296 Å². The van der Waals surface area contributed by atoms with Crippen molar-refractivity contribution >= 4 is 23.7 Å². The molecule has 3 aliphatic heterocycles. The van der Waals surface area contributed by atoms with Gasteiger partial charge in [0.15, 0.2) is 23.4 Å². The molecule has 0 aliphatic carbocycles. The van der Waals surface area contributed by atoms with E-state index in [1.54, 1.807) is 18.2 Å². The Bertz CT molecular complexity index is 2230. The molecule has 14 heteroatoms. The maximum Gasteiger partial charge on any atom is 0.408 e. The fourth-order valence-electron chi connectivity index (χ4n) is 7.07. The van der Waals surface area contributed by atoms with E-state index in [4.69, 9.17) is 28.0 Å². The number of fused-ring (bicyclic) bond motifs is 4. The zero-order valence-electron chi connectivity index (χ0n) is 28.6. The number of hydrogen-bond donors (Lipinski definition) is 3. The van der Waals surface area contributed by atoms with Gasteiger partial charge < -0.3 is 39.0 Å². The van der Waals surface area contributed by atoms with Crippen molar-refractivity contribution in [3.05, 3.63) is 118 Å². The third-order valence-corrected chi connectivity index (χ3v) is 9.56.